The summed E-state index contributed by atoms with van der Waals surface area (Å²) in [7, 11) is 1.52. The number of halogens is 2. The minimum absolute atomic E-state index is 0.223. The quantitative estimate of drug-likeness (QED) is 0.325. The molecule has 2 aliphatic rings. The molecular weight excluding hydrogens is 507 g/mol. The van der Waals surface area contributed by atoms with Crippen molar-refractivity contribution in [3.63, 3.8) is 0 Å². The number of cyclic esters (lactones) is 1. The van der Waals surface area contributed by atoms with Crippen LogP contribution in [0.3, 0.4) is 0 Å². The number of esters is 1. The lowest BCUT2D eigenvalue weighted by Crippen LogP contribution is -2.35. The lowest BCUT2D eigenvalue weighted by Gasteiger charge is -2.24. The highest BCUT2D eigenvalue weighted by Crippen LogP contribution is 2.28. The monoisotopic (exact) mass is 532 g/mol. The summed E-state index contributed by atoms with van der Waals surface area (Å²) in [5.74, 6) is -0.637. The Bertz CT molecular complexity index is 844. The van der Waals surface area contributed by atoms with Crippen LogP contribution in [-0.4, -0.2) is 68.2 Å². The first-order chi connectivity index (χ1) is 15.3. The zero-order valence-corrected chi connectivity index (χ0v) is 20.3. The first-order valence-corrected chi connectivity index (χ1v) is 11.4. The largest absolute Gasteiger partial charge is 0.490 e. The molecule has 0 unspecified atom stereocenters. The summed E-state index contributed by atoms with van der Waals surface area (Å²) in [5, 5.41) is 5.11. The van der Waals surface area contributed by atoms with Gasteiger partial charge >= 0.3 is 12.1 Å². The standard InChI is InChI=1S/C16H19FN4O3S.C4H7BrO2/c1-23-15(25)5-3-12-9-21(16(22)24-12)11-2-4-14(13(17)8-11)20-7-6-18-19-10-20;1-4(6)7-3-2-5/h2,4,8,10,12,18H,3,5-7,9H2,1H3;2-3H2,1H3/t12-;/m0./s1. The van der Waals surface area contributed by atoms with Crippen LogP contribution in [0.15, 0.2) is 23.3 Å². The van der Waals surface area contributed by atoms with Gasteiger partial charge in [0.1, 0.15) is 24.9 Å². The van der Waals surface area contributed by atoms with E-state index < -0.39 is 11.9 Å². The second-order valence-electron chi connectivity index (χ2n) is 6.74. The van der Waals surface area contributed by atoms with Crippen LogP contribution in [0, 0.1) is 5.82 Å². The van der Waals surface area contributed by atoms with Gasteiger partial charge in [-0.2, -0.15) is 5.10 Å². The van der Waals surface area contributed by atoms with Crippen molar-refractivity contribution in [3.8, 4) is 0 Å². The Kier molecular flexibility index (Phi) is 10.6. The third-order valence-electron chi connectivity index (χ3n) is 4.46. The Morgan fingerprint density at radius 1 is 1.47 bits per heavy atom. The number of carbonyl (C=O) groups is 2. The molecule has 0 saturated carbocycles. The van der Waals surface area contributed by atoms with E-state index in [1.165, 1.54) is 25.0 Å². The number of methoxy groups -OCH3 is 1. The topological polar surface area (TPSA) is 92.7 Å². The molecule has 9 nitrogen and oxygen atoms in total. The predicted octanol–water partition coefficient (Wildman–Crippen LogP) is 3.20. The van der Waals surface area contributed by atoms with Crippen molar-refractivity contribution < 1.29 is 28.2 Å². The molecule has 12 heteroatoms. The van der Waals surface area contributed by atoms with Crippen molar-refractivity contribution in [2.24, 2.45) is 5.10 Å². The Labute approximate surface area is 200 Å². The molecule has 1 amide bonds. The van der Waals surface area contributed by atoms with Gasteiger partial charge in [0, 0.05) is 25.2 Å². The Morgan fingerprint density at radius 3 is 2.81 bits per heavy atom. The Hall–Kier alpha value is -2.47. The second kappa shape index (κ2) is 13.2. The van der Waals surface area contributed by atoms with Crippen molar-refractivity contribution in [1.82, 2.24) is 5.43 Å². The first-order valence-electron chi connectivity index (χ1n) is 9.92. The molecule has 0 bridgehead atoms. The molecule has 2 aliphatic heterocycles. The van der Waals surface area contributed by atoms with Crippen LogP contribution < -0.4 is 15.2 Å². The average molecular weight is 533 g/mol. The van der Waals surface area contributed by atoms with Gasteiger partial charge in [-0.15, -0.1) is 0 Å². The van der Waals surface area contributed by atoms with Crippen molar-refractivity contribution in [3.05, 3.63) is 24.0 Å². The highest BCUT2D eigenvalue weighted by molar-refractivity contribution is 9.09. The van der Waals surface area contributed by atoms with Crippen molar-refractivity contribution in [1.29, 1.82) is 0 Å². The number of hydrogen-bond acceptors (Lipinski definition) is 9. The third-order valence-corrected chi connectivity index (χ3v) is 5.15. The van der Waals surface area contributed by atoms with Gasteiger partial charge in [0.05, 0.1) is 31.6 Å². The van der Waals surface area contributed by atoms with Crippen LogP contribution in [0.25, 0.3) is 0 Å². The fourth-order valence-corrected chi connectivity index (χ4v) is 3.21. The van der Waals surface area contributed by atoms with E-state index in [0.29, 0.717) is 60.8 Å². The molecule has 1 atom stereocenters. The van der Waals surface area contributed by atoms with Gasteiger partial charge in [-0.1, -0.05) is 15.9 Å². The van der Waals surface area contributed by atoms with E-state index in [4.69, 9.17) is 21.7 Å². The smallest absolute Gasteiger partial charge is 0.414 e. The Balaban J connectivity index is 0.000000451. The number of nitrogens with zero attached hydrogens (tertiary/aromatic N) is 3. The van der Waals surface area contributed by atoms with E-state index in [2.05, 4.69) is 31.2 Å². The number of ether oxygens (including phenoxy) is 3. The average Bonchev–Trinajstić information content (AvgIpc) is 3.17. The molecule has 1 aromatic carbocycles. The lowest BCUT2D eigenvalue weighted by atomic mass is 10.2. The second-order valence-corrected chi connectivity index (χ2v) is 7.99. The van der Waals surface area contributed by atoms with Gasteiger partial charge in [0.2, 0.25) is 0 Å². The number of hydrazone groups is 1. The van der Waals surface area contributed by atoms with Gasteiger partial charge in [-0.05, 0) is 36.8 Å². The molecule has 3 rings (SSSR count). The summed E-state index contributed by atoms with van der Waals surface area (Å²) in [6, 6.07) is 4.69. The zero-order chi connectivity index (χ0) is 23.5. The molecule has 0 spiro atoms. The van der Waals surface area contributed by atoms with E-state index >= 15 is 0 Å². The molecule has 0 radical (unpaired) electrons. The van der Waals surface area contributed by atoms with E-state index in [1.54, 1.807) is 23.4 Å². The van der Waals surface area contributed by atoms with E-state index in [9.17, 15) is 14.0 Å². The lowest BCUT2D eigenvalue weighted by molar-refractivity contribution is -0.140. The maximum absolute atomic E-state index is 14.5. The molecule has 1 aromatic rings. The maximum Gasteiger partial charge on any atom is 0.414 e. The third kappa shape index (κ3) is 7.90. The fraction of sp³-hybridized carbons (Fsp3) is 0.500. The zero-order valence-electron chi connectivity index (χ0n) is 17.9. The number of alkyl halides is 1. The fourth-order valence-electron chi connectivity index (χ4n) is 2.93. The summed E-state index contributed by atoms with van der Waals surface area (Å²) in [4.78, 5) is 25.2. The normalized spacial score (nSPS) is 17.1. The summed E-state index contributed by atoms with van der Waals surface area (Å²) >= 11 is 8.09. The molecule has 176 valence electrons. The molecule has 32 heavy (non-hydrogen) atoms. The van der Waals surface area contributed by atoms with Crippen LogP contribution in [0.5, 0.6) is 0 Å². The van der Waals surface area contributed by atoms with Gasteiger partial charge in [-0.3, -0.25) is 9.69 Å². The summed E-state index contributed by atoms with van der Waals surface area (Å²) in [5.41, 5.74) is 3.70. The minimum Gasteiger partial charge on any atom is -0.490 e. The molecule has 1 fully saturated rings. The van der Waals surface area contributed by atoms with E-state index in [0.717, 1.165) is 0 Å². The molecular formula is C20H26BrFN4O5S. The number of benzene rings is 1. The van der Waals surface area contributed by atoms with Crippen molar-refractivity contribution >= 4 is 63.0 Å². The predicted molar refractivity (Wildman–Crippen MR) is 127 cm³/mol. The number of thiocarbonyl (C=S) groups is 1. The van der Waals surface area contributed by atoms with E-state index in [1.807, 2.05) is 0 Å². The van der Waals surface area contributed by atoms with Crippen molar-refractivity contribution in [2.45, 2.75) is 25.9 Å². The number of amides is 1. The number of anilines is 2. The molecule has 2 heterocycles. The number of rotatable bonds is 7. The molecule has 0 aliphatic carbocycles. The van der Waals surface area contributed by atoms with Gasteiger partial charge in [0.15, 0.2) is 5.05 Å². The first kappa shape index (κ1) is 25.8. The molecule has 1 N–H and O–H groups in total. The van der Waals surface area contributed by atoms with Crippen molar-refractivity contribution in [2.75, 3.05) is 48.5 Å². The van der Waals surface area contributed by atoms with Gasteiger partial charge in [0.25, 0.3) is 0 Å². The van der Waals surface area contributed by atoms with Crippen LogP contribution in [0.2, 0.25) is 0 Å². The van der Waals surface area contributed by atoms with Crippen LogP contribution in [0.4, 0.5) is 20.6 Å². The minimum atomic E-state index is -0.482. The van der Waals surface area contributed by atoms with Gasteiger partial charge in [-0.25, -0.2) is 9.18 Å². The summed E-state index contributed by atoms with van der Waals surface area (Å²) < 4.78 is 29.2. The van der Waals surface area contributed by atoms with Crippen LogP contribution in [0.1, 0.15) is 19.8 Å². The van der Waals surface area contributed by atoms with Gasteiger partial charge < -0.3 is 24.5 Å². The SMILES string of the molecule is CC(=O)OCCBr.COC(=S)CC[C@H]1CN(c2ccc(N3C=NNCC3)c(F)c2)C(=O)O1. The van der Waals surface area contributed by atoms with E-state index in [-0.39, 0.29) is 12.1 Å². The molecule has 1 saturated heterocycles. The highest BCUT2D eigenvalue weighted by Gasteiger charge is 2.32. The molecule has 0 aromatic heterocycles. The number of carbonyl (C=O) groups excluding carboxylic acids is 2. The summed E-state index contributed by atoms with van der Waals surface area (Å²) in [6.07, 6.45) is 1.88. The van der Waals surface area contributed by atoms with Crippen LogP contribution in [-0.2, 0) is 19.0 Å². The Morgan fingerprint density at radius 2 is 2.25 bits per heavy atom. The maximum atomic E-state index is 14.5. The number of hydrogen-bond donors (Lipinski definition) is 1. The highest BCUT2D eigenvalue weighted by atomic mass is 79.9. The number of nitrogens with one attached hydrogen (secondary N) is 1. The summed E-state index contributed by atoms with van der Waals surface area (Å²) in [6.45, 7) is 3.48. The van der Waals surface area contributed by atoms with Crippen LogP contribution >= 0.6 is 28.1 Å².